The lowest BCUT2D eigenvalue weighted by molar-refractivity contribution is -0.143. The van der Waals surface area contributed by atoms with E-state index in [2.05, 4.69) is 6.58 Å². The summed E-state index contributed by atoms with van der Waals surface area (Å²) in [5.74, 6) is 0.373. The number of carbonyl (C=O) groups excluding carboxylic acids is 1. The molecule has 0 bridgehead atoms. The van der Waals surface area contributed by atoms with E-state index in [0.717, 1.165) is 25.7 Å². The summed E-state index contributed by atoms with van der Waals surface area (Å²) in [4.78, 5) is 11.3. The third-order valence-electron chi connectivity index (χ3n) is 2.71. The number of hydrogen-bond acceptors (Lipinski definition) is 3. The van der Waals surface area contributed by atoms with Gasteiger partial charge in [0.25, 0.3) is 0 Å². The van der Waals surface area contributed by atoms with Gasteiger partial charge in [0, 0.05) is 12.5 Å². The molecule has 0 amide bonds. The van der Waals surface area contributed by atoms with E-state index in [1.807, 2.05) is 0 Å². The maximum atomic E-state index is 11.3. The zero-order valence-corrected chi connectivity index (χ0v) is 8.58. The Morgan fingerprint density at radius 1 is 1.43 bits per heavy atom. The fourth-order valence-electron chi connectivity index (χ4n) is 1.84. The summed E-state index contributed by atoms with van der Waals surface area (Å²) in [5, 5.41) is 0. The van der Waals surface area contributed by atoms with Crippen molar-refractivity contribution in [2.75, 3.05) is 6.61 Å². The molecule has 1 rings (SSSR count). The minimum absolute atomic E-state index is 0.106. The lowest BCUT2D eigenvalue weighted by Crippen LogP contribution is -2.27. The number of carbonyl (C=O) groups is 1. The summed E-state index contributed by atoms with van der Waals surface area (Å²) in [7, 11) is 0. The monoisotopic (exact) mass is 197 g/mol. The topological polar surface area (TPSA) is 52.3 Å². The predicted molar refractivity (Wildman–Crippen MR) is 55.7 cm³/mol. The van der Waals surface area contributed by atoms with Crippen LogP contribution in [0.25, 0.3) is 0 Å². The minimum Gasteiger partial charge on any atom is -0.461 e. The molecule has 0 spiro atoms. The molecule has 0 aromatic rings. The summed E-state index contributed by atoms with van der Waals surface area (Å²) in [6, 6.07) is 0.343. The minimum atomic E-state index is -0.106. The van der Waals surface area contributed by atoms with Crippen LogP contribution in [0.15, 0.2) is 12.7 Å². The highest BCUT2D eigenvalue weighted by Gasteiger charge is 2.21. The Hall–Kier alpha value is -0.830. The molecule has 1 aliphatic carbocycles. The van der Waals surface area contributed by atoms with Crippen molar-refractivity contribution >= 4 is 5.97 Å². The number of ether oxygens (including phenoxy) is 1. The molecular formula is C11H19NO2. The molecule has 0 unspecified atom stereocenters. The highest BCUT2D eigenvalue weighted by Crippen LogP contribution is 2.25. The van der Waals surface area contributed by atoms with Crippen LogP contribution < -0.4 is 5.73 Å². The first-order valence-corrected chi connectivity index (χ1v) is 5.24. The lowest BCUT2D eigenvalue weighted by atomic mass is 9.84. The van der Waals surface area contributed by atoms with E-state index in [1.165, 1.54) is 0 Å². The van der Waals surface area contributed by atoms with Crippen molar-refractivity contribution < 1.29 is 9.53 Å². The fraction of sp³-hybridized carbons (Fsp3) is 0.727. The molecule has 1 aliphatic rings. The molecule has 0 aliphatic heterocycles. The van der Waals surface area contributed by atoms with Gasteiger partial charge >= 0.3 is 5.97 Å². The van der Waals surface area contributed by atoms with E-state index < -0.39 is 0 Å². The predicted octanol–water partition coefficient (Wildman–Crippen LogP) is 1.62. The van der Waals surface area contributed by atoms with Gasteiger partial charge in [-0.25, -0.2) is 0 Å². The van der Waals surface area contributed by atoms with Gasteiger partial charge in [-0.2, -0.15) is 0 Å². The van der Waals surface area contributed by atoms with Crippen molar-refractivity contribution in [1.82, 2.24) is 0 Å². The molecule has 0 heterocycles. The van der Waals surface area contributed by atoms with Gasteiger partial charge in [0.2, 0.25) is 0 Å². The molecule has 3 heteroatoms. The van der Waals surface area contributed by atoms with Crippen molar-refractivity contribution in [3.63, 3.8) is 0 Å². The number of nitrogens with two attached hydrogens (primary N) is 1. The van der Waals surface area contributed by atoms with Crippen LogP contribution in [0.2, 0.25) is 0 Å². The third-order valence-corrected chi connectivity index (χ3v) is 2.71. The fourth-order valence-corrected chi connectivity index (χ4v) is 1.84. The van der Waals surface area contributed by atoms with Crippen LogP contribution in [0, 0.1) is 5.92 Å². The Morgan fingerprint density at radius 3 is 2.64 bits per heavy atom. The second kappa shape index (κ2) is 5.81. The largest absolute Gasteiger partial charge is 0.461 e. The van der Waals surface area contributed by atoms with Crippen LogP contribution in [0.5, 0.6) is 0 Å². The molecule has 1 fully saturated rings. The molecular weight excluding hydrogens is 178 g/mol. The summed E-state index contributed by atoms with van der Waals surface area (Å²) < 4.78 is 4.93. The molecule has 14 heavy (non-hydrogen) atoms. The van der Waals surface area contributed by atoms with Crippen LogP contribution in [0.3, 0.4) is 0 Å². The maximum absolute atomic E-state index is 11.3. The summed E-state index contributed by atoms with van der Waals surface area (Å²) in [6.07, 6.45) is 6.34. The normalized spacial score (nSPS) is 26.9. The van der Waals surface area contributed by atoms with E-state index in [1.54, 1.807) is 6.08 Å². The van der Waals surface area contributed by atoms with Crippen molar-refractivity contribution in [2.24, 2.45) is 11.7 Å². The van der Waals surface area contributed by atoms with Crippen molar-refractivity contribution in [2.45, 2.75) is 38.1 Å². The molecule has 80 valence electrons. The first-order chi connectivity index (χ1) is 6.72. The second-order valence-electron chi connectivity index (χ2n) is 3.96. The second-order valence-corrected chi connectivity index (χ2v) is 3.96. The first-order valence-electron chi connectivity index (χ1n) is 5.24. The van der Waals surface area contributed by atoms with Crippen LogP contribution in [0.4, 0.5) is 0 Å². The molecule has 0 radical (unpaired) electrons. The van der Waals surface area contributed by atoms with Crippen molar-refractivity contribution in [1.29, 1.82) is 0 Å². The van der Waals surface area contributed by atoms with E-state index in [-0.39, 0.29) is 5.97 Å². The number of hydrogen-bond donors (Lipinski definition) is 1. The highest BCUT2D eigenvalue weighted by atomic mass is 16.5. The third kappa shape index (κ3) is 3.92. The SMILES string of the molecule is C=CCOC(=O)CC1CCC(N)CC1. The van der Waals surface area contributed by atoms with Gasteiger partial charge in [0.1, 0.15) is 6.61 Å². The van der Waals surface area contributed by atoms with Crippen LogP contribution >= 0.6 is 0 Å². The van der Waals surface area contributed by atoms with Gasteiger partial charge in [-0.05, 0) is 31.6 Å². The van der Waals surface area contributed by atoms with Gasteiger partial charge in [-0.3, -0.25) is 4.79 Å². The van der Waals surface area contributed by atoms with Gasteiger partial charge in [0.05, 0.1) is 0 Å². The molecule has 0 aromatic carbocycles. The van der Waals surface area contributed by atoms with E-state index in [4.69, 9.17) is 10.5 Å². The average molecular weight is 197 g/mol. The zero-order chi connectivity index (χ0) is 10.4. The van der Waals surface area contributed by atoms with Crippen LogP contribution in [-0.4, -0.2) is 18.6 Å². The summed E-state index contributed by atoms with van der Waals surface area (Å²) in [5.41, 5.74) is 5.78. The number of rotatable bonds is 4. The Labute approximate surface area is 85.3 Å². The quantitative estimate of drug-likeness (QED) is 0.550. The van der Waals surface area contributed by atoms with E-state index in [0.29, 0.717) is 25.0 Å². The average Bonchev–Trinajstić information content (AvgIpc) is 2.18. The molecule has 2 N–H and O–H groups in total. The molecule has 1 saturated carbocycles. The Kier molecular flexibility index (Phi) is 4.66. The van der Waals surface area contributed by atoms with Gasteiger partial charge < -0.3 is 10.5 Å². The molecule has 0 aromatic heterocycles. The number of esters is 1. The Morgan fingerprint density at radius 2 is 2.07 bits per heavy atom. The first kappa shape index (κ1) is 11.2. The highest BCUT2D eigenvalue weighted by molar-refractivity contribution is 5.69. The smallest absolute Gasteiger partial charge is 0.306 e. The van der Waals surface area contributed by atoms with E-state index in [9.17, 15) is 4.79 Å². The lowest BCUT2D eigenvalue weighted by Gasteiger charge is -2.25. The zero-order valence-electron chi connectivity index (χ0n) is 8.58. The van der Waals surface area contributed by atoms with Gasteiger partial charge in [0.15, 0.2) is 0 Å². The van der Waals surface area contributed by atoms with E-state index >= 15 is 0 Å². The van der Waals surface area contributed by atoms with Gasteiger partial charge in [-0.15, -0.1) is 0 Å². The van der Waals surface area contributed by atoms with Crippen molar-refractivity contribution in [3.8, 4) is 0 Å². The Bertz CT molecular complexity index is 195. The summed E-state index contributed by atoms with van der Waals surface area (Å²) in [6.45, 7) is 3.82. The molecule has 3 nitrogen and oxygen atoms in total. The standard InChI is InChI=1S/C11H19NO2/c1-2-7-14-11(13)8-9-3-5-10(12)6-4-9/h2,9-10H,1,3-8,12H2. The van der Waals surface area contributed by atoms with Gasteiger partial charge in [-0.1, -0.05) is 12.7 Å². The Balaban J connectivity index is 2.17. The van der Waals surface area contributed by atoms with Crippen LogP contribution in [0.1, 0.15) is 32.1 Å². The van der Waals surface area contributed by atoms with Crippen molar-refractivity contribution in [3.05, 3.63) is 12.7 Å². The molecule has 0 atom stereocenters. The summed E-state index contributed by atoms with van der Waals surface area (Å²) >= 11 is 0. The molecule has 0 saturated heterocycles. The maximum Gasteiger partial charge on any atom is 0.306 e. The van der Waals surface area contributed by atoms with Crippen LogP contribution in [-0.2, 0) is 9.53 Å².